The Hall–Kier alpha value is -0.520. The maximum atomic E-state index is 5.90. The van der Waals surface area contributed by atoms with Crippen LogP contribution in [-0.4, -0.2) is 25.3 Å². The fourth-order valence-corrected chi connectivity index (χ4v) is 2.27. The molecule has 0 aromatic rings. The standard InChI is InChI=1S/C14H25NO/c1-4-7-8-9-13(15-5-2)14(16-6-3)12-10-11-12/h1,12-15H,5-11H2,2-3H3. The number of rotatable bonds is 9. The summed E-state index contributed by atoms with van der Waals surface area (Å²) in [5.74, 6) is 3.50. The topological polar surface area (TPSA) is 21.3 Å². The van der Waals surface area contributed by atoms with Crippen LogP contribution in [0.1, 0.15) is 46.0 Å². The molecule has 0 saturated heterocycles. The van der Waals surface area contributed by atoms with Crippen LogP contribution in [0.15, 0.2) is 0 Å². The molecule has 0 spiro atoms. The van der Waals surface area contributed by atoms with Gasteiger partial charge >= 0.3 is 0 Å². The molecule has 16 heavy (non-hydrogen) atoms. The lowest BCUT2D eigenvalue weighted by Crippen LogP contribution is -2.42. The van der Waals surface area contributed by atoms with E-state index >= 15 is 0 Å². The number of hydrogen-bond acceptors (Lipinski definition) is 2. The quantitative estimate of drug-likeness (QED) is 0.479. The van der Waals surface area contributed by atoms with Gasteiger partial charge in [0, 0.05) is 19.1 Å². The number of ether oxygens (including phenoxy) is 1. The highest BCUT2D eigenvalue weighted by Gasteiger charge is 2.36. The summed E-state index contributed by atoms with van der Waals surface area (Å²) in [6, 6.07) is 0.491. The van der Waals surface area contributed by atoms with Gasteiger partial charge in [-0.2, -0.15) is 0 Å². The Morgan fingerprint density at radius 1 is 1.44 bits per heavy atom. The van der Waals surface area contributed by atoms with Gasteiger partial charge in [-0.1, -0.05) is 6.92 Å². The predicted molar refractivity (Wildman–Crippen MR) is 68.3 cm³/mol. The van der Waals surface area contributed by atoms with Crippen LogP contribution >= 0.6 is 0 Å². The largest absolute Gasteiger partial charge is 0.377 e. The van der Waals surface area contributed by atoms with E-state index in [4.69, 9.17) is 11.2 Å². The second-order valence-electron chi connectivity index (χ2n) is 4.52. The average Bonchev–Trinajstić information content (AvgIpc) is 3.09. The van der Waals surface area contributed by atoms with Gasteiger partial charge in [0.05, 0.1) is 6.10 Å². The molecule has 2 heteroatoms. The monoisotopic (exact) mass is 223 g/mol. The third-order valence-electron chi connectivity index (χ3n) is 3.14. The van der Waals surface area contributed by atoms with Crippen molar-refractivity contribution in [2.45, 2.75) is 58.1 Å². The molecule has 2 unspecified atom stereocenters. The van der Waals surface area contributed by atoms with Crippen molar-refractivity contribution in [2.24, 2.45) is 5.92 Å². The minimum atomic E-state index is 0.405. The van der Waals surface area contributed by atoms with Crippen molar-refractivity contribution in [2.75, 3.05) is 13.2 Å². The van der Waals surface area contributed by atoms with Gasteiger partial charge in [0.2, 0.25) is 0 Å². The molecule has 1 N–H and O–H groups in total. The first kappa shape index (κ1) is 13.5. The van der Waals surface area contributed by atoms with Gasteiger partial charge in [0.15, 0.2) is 0 Å². The SMILES string of the molecule is C#CCCCC(NCC)C(OCC)C1CC1. The Kier molecular flexibility index (Phi) is 6.52. The van der Waals surface area contributed by atoms with Crippen molar-refractivity contribution in [1.29, 1.82) is 0 Å². The Bertz CT molecular complexity index is 217. The smallest absolute Gasteiger partial charge is 0.0755 e. The molecule has 1 saturated carbocycles. The summed E-state index contributed by atoms with van der Waals surface area (Å²) in [6.07, 6.45) is 11.5. The number of likely N-dealkylation sites (N-methyl/N-ethyl adjacent to an activating group) is 1. The Morgan fingerprint density at radius 3 is 2.69 bits per heavy atom. The molecular weight excluding hydrogens is 198 g/mol. The molecule has 0 heterocycles. The van der Waals surface area contributed by atoms with E-state index in [9.17, 15) is 0 Å². The van der Waals surface area contributed by atoms with Gasteiger partial charge < -0.3 is 10.1 Å². The van der Waals surface area contributed by atoms with Crippen LogP contribution in [0.25, 0.3) is 0 Å². The highest BCUT2D eigenvalue weighted by Crippen LogP contribution is 2.36. The molecule has 0 aromatic carbocycles. The van der Waals surface area contributed by atoms with Gasteiger partial charge in [0.25, 0.3) is 0 Å². The van der Waals surface area contributed by atoms with Crippen molar-refractivity contribution in [3.63, 3.8) is 0 Å². The van der Waals surface area contributed by atoms with E-state index < -0.39 is 0 Å². The summed E-state index contributed by atoms with van der Waals surface area (Å²) in [4.78, 5) is 0. The lowest BCUT2D eigenvalue weighted by molar-refractivity contribution is 0.0170. The van der Waals surface area contributed by atoms with Crippen LogP contribution in [0.2, 0.25) is 0 Å². The third-order valence-corrected chi connectivity index (χ3v) is 3.14. The number of terminal acetylenes is 1. The second kappa shape index (κ2) is 7.70. The van der Waals surface area contributed by atoms with Crippen molar-refractivity contribution < 1.29 is 4.74 Å². The number of unbranched alkanes of at least 4 members (excludes halogenated alkanes) is 1. The maximum Gasteiger partial charge on any atom is 0.0755 e. The fourth-order valence-electron chi connectivity index (χ4n) is 2.27. The number of hydrogen-bond donors (Lipinski definition) is 1. The molecule has 2 nitrogen and oxygen atoms in total. The van der Waals surface area contributed by atoms with Crippen LogP contribution in [0.4, 0.5) is 0 Å². The molecule has 1 aliphatic carbocycles. The molecule has 0 bridgehead atoms. The van der Waals surface area contributed by atoms with Gasteiger partial charge in [-0.25, -0.2) is 0 Å². The first-order valence-corrected chi connectivity index (χ1v) is 6.61. The third kappa shape index (κ3) is 4.55. The van der Waals surface area contributed by atoms with Gasteiger partial charge in [-0.15, -0.1) is 12.3 Å². The van der Waals surface area contributed by atoms with Crippen LogP contribution < -0.4 is 5.32 Å². The summed E-state index contributed by atoms with van der Waals surface area (Å²) in [5.41, 5.74) is 0. The van der Waals surface area contributed by atoms with Gasteiger partial charge in [0.1, 0.15) is 0 Å². The Balaban J connectivity index is 2.40. The highest BCUT2D eigenvalue weighted by molar-refractivity contribution is 4.91. The summed E-state index contributed by atoms with van der Waals surface area (Å²) in [7, 11) is 0. The van der Waals surface area contributed by atoms with E-state index in [0.717, 1.165) is 38.3 Å². The van der Waals surface area contributed by atoms with Crippen molar-refractivity contribution in [3.8, 4) is 12.3 Å². The summed E-state index contributed by atoms with van der Waals surface area (Å²) in [5, 5.41) is 3.55. The molecule has 1 rings (SSSR count). The molecule has 0 amide bonds. The fraction of sp³-hybridized carbons (Fsp3) is 0.857. The molecule has 1 fully saturated rings. The summed E-state index contributed by atoms with van der Waals surface area (Å²) in [6.45, 7) is 6.07. The molecule has 0 aromatic heterocycles. The van der Waals surface area contributed by atoms with Crippen LogP contribution in [0.5, 0.6) is 0 Å². The zero-order valence-electron chi connectivity index (χ0n) is 10.7. The molecule has 2 atom stereocenters. The predicted octanol–water partition coefficient (Wildman–Crippen LogP) is 2.58. The van der Waals surface area contributed by atoms with Crippen LogP contribution in [0.3, 0.4) is 0 Å². The van der Waals surface area contributed by atoms with Crippen molar-refractivity contribution in [1.82, 2.24) is 5.32 Å². The zero-order valence-corrected chi connectivity index (χ0v) is 10.7. The molecular formula is C14H25NO. The van der Waals surface area contributed by atoms with E-state index in [-0.39, 0.29) is 0 Å². The maximum absolute atomic E-state index is 5.90. The van der Waals surface area contributed by atoms with E-state index in [1.54, 1.807) is 0 Å². The molecule has 1 aliphatic rings. The zero-order chi connectivity index (χ0) is 11.8. The lowest BCUT2D eigenvalue weighted by Gasteiger charge is -2.27. The minimum Gasteiger partial charge on any atom is -0.377 e. The van der Waals surface area contributed by atoms with Crippen molar-refractivity contribution in [3.05, 3.63) is 0 Å². The van der Waals surface area contributed by atoms with E-state index in [1.807, 2.05) is 0 Å². The van der Waals surface area contributed by atoms with Crippen molar-refractivity contribution >= 4 is 0 Å². The molecule has 92 valence electrons. The van der Waals surface area contributed by atoms with E-state index in [2.05, 4.69) is 25.1 Å². The molecule has 0 aliphatic heterocycles. The second-order valence-corrected chi connectivity index (χ2v) is 4.52. The first-order valence-electron chi connectivity index (χ1n) is 6.61. The Labute approximate surface area is 100 Å². The highest BCUT2D eigenvalue weighted by atomic mass is 16.5. The van der Waals surface area contributed by atoms with Gasteiger partial charge in [-0.3, -0.25) is 0 Å². The average molecular weight is 223 g/mol. The van der Waals surface area contributed by atoms with Gasteiger partial charge in [-0.05, 0) is 45.1 Å². The molecule has 0 radical (unpaired) electrons. The first-order chi connectivity index (χ1) is 7.83. The summed E-state index contributed by atoms with van der Waals surface area (Å²) < 4.78 is 5.90. The Morgan fingerprint density at radius 2 is 2.19 bits per heavy atom. The lowest BCUT2D eigenvalue weighted by atomic mass is 10.00. The van der Waals surface area contributed by atoms with Crippen LogP contribution in [-0.2, 0) is 4.74 Å². The van der Waals surface area contributed by atoms with E-state index in [0.29, 0.717) is 12.1 Å². The normalized spacial score (nSPS) is 19.1. The summed E-state index contributed by atoms with van der Waals surface area (Å²) >= 11 is 0. The van der Waals surface area contributed by atoms with Crippen LogP contribution in [0, 0.1) is 18.3 Å². The van der Waals surface area contributed by atoms with E-state index in [1.165, 1.54) is 12.8 Å². The number of nitrogens with one attached hydrogen (secondary N) is 1. The minimum absolute atomic E-state index is 0.405.